The number of hydrogen-bond acceptors (Lipinski definition) is 0. The second-order valence-electron chi connectivity index (χ2n) is 0.348. The predicted molar refractivity (Wildman–Crippen MR) is 25.7 cm³/mol. The largest absolute Gasteiger partial charge is 0.762 e. The summed E-state index contributed by atoms with van der Waals surface area (Å²) in [5.74, 6) is 0. The first kappa shape index (κ1) is 10.4. The van der Waals surface area contributed by atoms with Crippen molar-refractivity contribution in [1.29, 1.82) is 0 Å². The molecular weight excluding hydrogens is 151 g/mol. The zero-order valence-electron chi connectivity index (χ0n) is 3.17. The van der Waals surface area contributed by atoms with E-state index in [4.69, 9.17) is 23.2 Å². The maximum atomic E-state index is 9.67. The van der Waals surface area contributed by atoms with E-state index in [1.807, 2.05) is 0 Å². The van der Waals surface area contributed by atoms with E-state index in [-0.39, 0.29) is 5.34 Å². The van der Waals surface area contributed by atoms with Crippen LogP contribution in [0, 0.1) is 0 Å². The van der Waals surface area contributed by atoms with Crippen molar-refractivity contribution >= 4 is 30.7 Å². The van der Waals surface area contributed by atoms with Crippen LogP contribution in [0.25, 0.3) is 0 Å². The molecule has 0 aromatic heterocycles. The Morgan fingerprint density at radius 2 is 1.14 bits per heavy atom. The van der Waals surface area contributed by atoms with Gasteiger partial charge in [0.05, 0.1) is 5.34 Å². The molecule has 0 spiro atoms. The van der Waals surface area contributed by atoms with Gasteiger partial charge in [-0.25, -0.2) is 0 Å². The average molecular weight is 153 g/mol. The summed E-state index contributed by atoms with van der Waals surface area (Å²) in [4.78, 5) is 0. The molecule has 0 bridgehead atoms. The third kappa shape index (κ3) is 669. The molecular formula is CH2BCl2F3. The molecule has 0 rings (SSSR count). The summed E-state index contributed by atoms with van der Waals surface area (Å²) in [6.45, 7) is 0. The zero-order chi connectivity index (χ0) is 6.28. The van der Waals surface area contributed by atoms with Crippen LogP contribution in [0.4, 0.5) is 12.9 Å². The Labute approximate surface area is 49.8 Å². The van der Waals surface area contributed by atoms with Gasteiger partial charge in [-0.15, -0.1) is 23.2 Å². The van der Waals surface area contributed by atoms with E-state index in [1.165, 1.54) is 0 Å². The maximum absolute atomic E-state index is 9.67. The molecule has 0 aliphatic heterocycles. The van der Waals surface area contributed by atoms with E-state index in [1.54, 1.807) is 0 Å². The Hall–Kier alpha value is 0.435. The summed E-state index contributed by atoms with van der Waals surface area (Å²) in [6.07, 6.45) is 0. The third-order valence-electron chi connectivity index (χ3n) is 0. The highest BCUT2D eigenvalue weighted by molar-refractivity contribution is 6.40. The topological polar surface area (TPSA) is 0 Å². The van der Waals surface area contributed by atoms with Crippen LogP contribution in [0.3, 0.4) is 0 Å². The molecule has 0 aromatic rings. The normalized spacial score (nSPS) is 6.43. The average Bonchev–Trinajstić information content (AvgIpc) is 1.33. The SMILES string of the molecule is ClCCl.FB(F)F. The Balaban J connectivity index is 0. The van der Waals surface area contributed by atoms with Crippen LogP contribution in [-0.2, 0) is 0 Å². The van der Waals surface area contributed by atoms with E-state index in [0.29, 0.717) is 0 Å². The summed E-state index contributed by atoms with van der Waals surface area (Å²) in [5, 5.41) is 0.194. The molecule has 0 aliphatic carbocycles. The van der Waals surface area contributed by atoms with Gasteiger partial charge in [0, 0.05) is 0 Å². The minimum absolute atomic E-state index is 0.194. The highest BCUT2D eigenvalue weighted by Crippen LogP contribution is 1.80. The number of alkyl halides is 2. The molecule has 0 aromatic carbocycles. The Morgan fingerprint density at radius 1 is 1.14 bits per heavy atom. The van der Waals surface area contributed by atoms with Crippen LogP contribution < -0.4 is 0 Å². The van der Waals surface area contributed by atoms with Gasteiger partial charge in [-0.2, -0.15) is 0 Å². The van der Waals surface area contributed by atoms with Crippen molar-refractivity contribution in [1.82, 2.24) is 0 Å². The second-order valence-corrected chi connectivity index (χ2v) is 1.16. The molecule has 0 amide bonds. The predicted octanol–water partition coefficient (Wildman–Crippen LogP) is 2.30. The molecule has 0 heterocycles. The zero-order valence-corrected chi connectivity index (χ0v) is 4.69. The molecule has 0 saturated heterocycles. The van der Waals surface area contributed by atoms with E-state index in [0.717, 1.165) is 0 Å². The molecule has 0 N–H and O–H groups in total. The van der Waals surface area contributed by atoms with Gasteiger partial charge >= 0.3 is 7.54 Å². The molecule has 0 unspecified atom stereocenters. The van der Waals surface area contributed by atoms with Crippen molar-refractivity contribution in [2.24, 2.45) is 0 Å². The maximum Gasteiger partial charge on any atom is 0.762 e. The molecule has 44 valence electrons. The van der Waals surface area contributed by atoms with Crippen LogP contribution in [0.5, 0.6) is 0 Å². The Morgan fingerprint density at radius 3 is 1.14 bits per heavy atom. The fraction of sp³-hybridized carbons (Fsp3) is 1.00. The highest BCUT2D eigenvalue weighted by atomic mass is 35.5. The summed E-state index contributed by atoms with van der Waals surface area (Å²) >= 11 is 9.53. The van der Waals surface area contributed by atoms with Gasteiger partial charge in [0.25, 0.3) is 0 Å². The summed E-state index contributed by atoms with van der Waals surface area (Å²) in [5.41, 5.74) is 0. The fourth-order valence-electron chi connectivity index (χ4n) is 0. The summed E-state index contributed by atoms with van der Waals surface area (Å²) < 4.78 is 29.0. The molecule has 0 fully saturated rings. The van der Waals surface area contributed by atoms with Gasteiger partial charge in [-0.05, 0) is 0 Å². The van der Waals surface area contributed by atoms with Crippen LogP contribution in [-0.4, -0.2) is 12.9 Å². The lowest BCUT2D eigenvalue weighted by Gasteiger charge is -1.55. The monoisotopic (exact) mass is 152 g/mol. The van der Waals surface area contributed by atoms with E-state index < -0.39 is 7.54 Å². The minimum Gasteiger partial charge on any atom is -0.254 e. The van der Waals surface area contributed by atoms with Gasteiger partial charge in [-0.3, -0.25) is 12.9 Å². The van der Waals surface area contributed by atoms with Crippen LogP contribution in [0.2, 0.25) is 0 Å². The van der Waals surface area contributed by atoms with Crippen molar-refractivity contribution in [3.05, 3.63) is 0 Å². The van der Waals surface area contributed by atoms with Gasteiger partial charge in [0.2, 0.25) is 0 Å². The number of halogens is 5. The minimum atomic E-state index is -3.67. The number of rotatable bonds is 0. The molecule has 0 saturated carbocycles. The van der Waals surface area contributed by atoms with E-state index in [9.17, 15) is 12.9 Å². The fourth-order valence-corrected chi connectivity index (χ4v) is 0. The Bertz CT molecular complexity index is 24.1. The van der Waals surface area contributed by atoms with Crippen LogP contribution in [0.15, 0.2) is 0 Å². The quantitative estimate of drug-likeness (QED) is 0.369. The van der Waals surface area contributed by atoms with Crippen molar-refractivity contribution in [2.45, 2.75) is 0 Å². The van der Waals surface area contributed by atoms with Crippen molar-refractivity contribution in [2.75, 3.05) is 5.34 Å². The molecule has 7 heavy (non-hydrogen) atoms. The first-order chi connectivity index (χ1) is 3.15. The second kappa shape index (κ2) is 9.66. The van der Waals surface area contributed by atoms with Gasteiger partial charge in [-0.1, -0.05) is 0 Å². The molecule has 6 heteroatoms. The Kier molecular flexibility index (Phi) is 14.4. The highest BCUT2D eigenvalue weighted by Gasteiger charge is 2.06. The lowest BCUT2D eigenvalue weighted by atomic mass is 10.5. The third-order valence-corrected chi connectivity index (χ3v) is 0. The van der Waals surface area contributed by atoms with Gasteiger partial charge < -0.3 is 0 Å². The number of hydrogen-bond donors (Lipinski definition) is 0. The first-order valence-electron chi connectivity index (χ1n) is 1.19. The van der Waals surface area contributed by atoms with Crippen LogP contribution in [0.1, 0.15) is 0 Å². The lowest BCUT2D eigenvalue weighted by molar-refractivity contribution is 0.535. The molecule has 0 nitrogen and oxygen atoms in total. The molecule has 0 atom stereocenters. The van der Waals surface area contributed by atoms with Crippen molar-refractivity contribution < 1.29 is 12.9 Å². The van der Waals surface area contributed by atoms with Gasteiger partial charge in [0.15, 0.2) is 0 Å². The van der Waals surface area contributed by atoms with E-state index in [2.05, 4.69) is 0 Å². The smallest absolute Gasteiger partial charge is 0.254 e. The van der Waals surface area contributed by atoms with Crippen molar-refractivity contribution in [3.63, 3.8) is 0 Å². The van der Waals surface area contributed by atoms with Gasteiger partial charge in [0.1, 0.15) is 0 Å². The summed E-state index contributed by atoms with van der Waals surface area (Å²) in [6, 6.07) is 0. The lowest BCUT2D eigenvalue weighted by Crippen LogP contribution is -1.76. The molecule has 0 aliphatic rings. The van der Waals surface area contributed by atoms with E-state index >= 15 is 0 Å². The first-order valence-corrected chi connectivity index (χ1v) is 2.26. The molecule has 0 radical (unpaired) electrons. The summed E-state index contributed by atoms with van der Waals surface area (Å²) in [7, 11) is -3.67. The van der Waals surface area contributed by atoms with Crippen molar-refractivity contribution in [3.8, 4) is 0 Å². The van der Waals surface area contributed by atoms with Crippen LogP contribution >= 0.6 is 23.2 Å². The standard InChI is InChI=1S/CH2Cl2.BF3/c2-1-3;2-1(3)4/h1H2;.